The van der Waals surface area contributed by atoms with Crippen molar-refractivity contribution in [2.45, 2.75) is 13.5 Å². The van der Waals surface area contributed by atoms with E-state index in [0.29, 0.717) is 17.3 Å². The van der Waals surface area contributed by atoms with Gasteiger partial charge in [-0.25, -0.2) is 0 Å². The summed E-state index contributed by atoms with van der Waals surface area (Å²) in [6, 6.07) is 21.1. The van der Waals surface area contributed by atoms with Gasteiger partial charge in [-0.1, -0.05) is 51.3 Å². The molecule has 0 spiro atoms. The van der Waals surface area contributed by atoms with Gasteiger partial charge in [0.25, 0.3) is 5.91 Å². The number of halogens is 2. The van der Waals surface area contributed by atoms with E-state index in [1.54, 1.807) is 6.07 Å². The van der Waals surface area contributed by atoms with Crippen molar-refractivity contribution >= 4 is 44.8 Å². The van der Waals surface area contributed by atoms with Gasteiger partial charge in [-0.3, -0.25) is 4.79 Å². The average molecular weight is 460 g/mol. The van der Waals surface area contributed by atoms with Crippen LogP contribution in [0.15, 0.2) is 71.2 Å². The third-order valence-electron chi connectivity index (χ3n) is 4.03. The Balaban J connectivity index is 1.51. The van der Waals surface area contributed by atoms with Crippen LogP contribution in [0.2, 0.25) is 5.02 Å². The molecule has 3 aromatic carbocycles. The molecule has 1 amide bonds. The lowest BCUT2D eigenvalue weighted by Gasteiger charge is -2.11. The number of carbonyl (C=O) groups is 1. The van der Waals surface area contributed by atoms with Crippen LogP contribution in [0.3, 0.4) is 0 Å². The molecule has 0 radical (unpaired) electrons. The van der Waals surface area contributed by atoms with Gasteiger partial charge in [0.15, 0.2) is 6.61 Å². The van der Waals surface area contributed by atoms with Crippen LogP contribution in [-0.2, 0) is 11.3 Å². The fourth-order valence-electron chi connectivity index (χ4n) is 2.52. The number of amides is 1. The molecule has 3 aromatic rings. The van der Waals surface area contributed by atoms with E-state index in [9.17, 15) is 4.79 Å². The molecular weight excluding hydrogens is 440 g/mol. The summed E-state index contributed by atoms with van der Waals surface area (Å²) in [5.74, 6) is 0.244. The summed E-state index contributed by atoms with van der Waals surface area (Å²) >= 11 is 9.72. The normalized spacial score (nSPS) is 10.4. The van der Waals surface area contributed by atoms with Crippen LogP contribution in [0.5, 0.6) is 5.75 Å². The molecule has 0 bridgehead atoms. The standard InChI is InChI=1S/C22H20BrClN2O2/c1-15-2-7-19(8-3-15)26-22(27)14-28-21-11-4-16(12-20(21)24)13-25-18-9-5-17(23)6-10-18/h2-12,25H,13-14H2,1H3,(H,26,27). The second kappa shape index (κ2) is 9.62. The molecule has 144 valence electrons. The van der Waals surface area contributed by atoms with E-state index in [1.807, 2.05) is 67.6 Å². The monoisotopic (exact) mass is 458 g/mol. The maximum absolute atomic E-state index is 12.0. The summed E-state index contributed by atoms with van der Waals surface area (Å²) in [6.45, 7) is 2.52. The Bertz CT molecular complexity index is 944. The third kappa shape index (κ3) is 6.01. The van der Waals surface area contributed by atoms with Crippen LogP contribution < -0.4 is 15.4 Å². The van der Waals surface area contributed by atoms with E-state index in [2.05, 4.69) is 26.6 Å². The van der Waals surface area contributed by atoms with Gasteiger partial charge in [-0.15, -0.1) is 0 Å². The van der Waals surface area contributed by atoms with E-state index in [0.717, 1.165) is 27.0 Å². The number of hydrogen-bond acceptors (Lipinski definition) is 3. The first-order chi connectivity index (χ1) is 13.5. The predicted octanol–water partition coefficient (Wildman–Crippen LogP) is 6.04. The van der Waals surface area contributed by atoms with Gasteiger partial charge in [-0.2, -0.15) is 0 Å². The van der Waals surface area contributed by atoms with Gasteiger partial charge in [0.1, 0.15) is 5.75 Å². The fourth-order valence-corrected chi connectivity index (χ4v) is 3.04. The van der Waals surface area contributed by atoms with Gasteiger partial charge >= 0.3 is 0 Å². The number of hydrogen-bond donors (Lipinski definition) is 2. The average Bonchev–Trinajstić information content (AvgIpc) is 2.68. The van der Waals surface area contributed by atoms with Crippen LogP contribution >= 0.6 is 27.5 Å². The number of rotatable bonds is 7. The van der Waals surface area contributed by atoms with Gasteiger partial charge in [0.05, 0.1) is 5.02 Å². The number of carbonyl (C=O) groups excluding carboxylic acids is 1. The molecular formula is C22H20BrClN2O2. The van der Waals surface area contributed by atoms with Crippen LogP contribution in [0.25, 0.3) is 0 Å². The Morgan fingerprint density at radius 2 is 1.68 bits per heavy atom. The van der Waals surface area contributed by atoms with Gasteiger partial charge in [0.2, 0.25) is 0 Å². The molecule has 0 saturated carbocycles. The van der Waals surface area contributed by atoms with E-state index >= 15 is 0 Å². The molecule has 0 aliphatic heterocycles. The van der Waals surface area contributed by atoms with Crippen LogP contribution in [0, 0.1) is 6.92 Å². The molecule has 0 fully saturated rings. The summed E-state index contributed by atoms with van der Waals surface area (Å²) in [4.78, 5) is 12.0. The highest BCUT2D eigenvalue weighted by Crippen LogP contribution is 2.26. The molecule has 0 heterocycles. The van der Waals surface area contributed by atoms with Crippen LogP contribution in [0.1, 0.15) is 11.1 Å². The topological polar surface area (TPSA) is 50.4 Å². The molecule has 2 N–H and O–H groups in total. The first-order valence-electron chi connectivity index (χ1n) is 8.77. The van der Waals surface area contributed by atoms with Crippen molar-refractivity contribution < 1.29 is 9.53 Å². The van der Waals surface area contributed by atoms with Gasteiger partial charge in [0, 0.05) is 22.4 Å². The molecule has 6 heteroatoms. The van der Waals surface area contributed by atoms with Crippen molar-refractivity contribution in [2.24, 2.45) is 0 Å². The molecule has 0 aromatic heterocycles. The van der Waals surface area contributed by atoms with E-state index < -0.39 is 0 Å². The number of ether oxygens (including phenoxy) is 1. The highest BCUT2D eigenvalue weighted by Gasteiger charge is 2.08. The highest BCUT2D eigenvalue weighted by atomic mass is 79.9. The zero-order valence-corrected chi connectivity index (χ0v) is 17.7. The first kappa shape index (κ1) is 20.2. The zero-order chi connectivity index (χ0) is 19.9. The first-order valence-corrected chi connectivity index (χ1v) is 9.94. The molecule has 0 unspecified atom stereocenters. The molecule has 0 atom stereocenters. The summed E-state index contributed by atoms with van der Waals surface area (Å²) in [5.41, 5.74) is 3.91. The van der Waals surface area contributed by atoms with Crippen molar-refractivity contribution in [2.75, 3.05) is 17.2 Å². The Morgan fingerprint density at radius 1 is 1.00 bits per heavy atom. The van der Waals surface area contributed by atoms with Crippen molar-refractivity contribution in [1.82, 2.24) is 0 Å². The minimum absolute atomic E-state index is 0.107. The van der Waals surface area contributed by atoms with Gasteiger partial charge in [-0.05, 0) is 61.0 Å². The van der Waals surface area contributed by atoms with Gasteiger partial charge < -0.3 is 15.4 Å². The SMILES string of the molecule is Cc1ccc(NC(=O)COc2ccc(CNc3ccc(Br)cc3)cc2Cl)cc1. The number of nitrogens with one attached hydrogen (secondary N) is 2. The summed E-state index contributed by atoms with van der Waals surface area (Å²) in [6.07, 6.45) is 0. The largest absolute Gasteiger partial charge is 0.482 e. The summed E-state index contributed by atoms with van der Waals surface area (Å²) in [7, 11) is 0. The van der Waals surface area contributed by atoms with E-state index in [-0.39, 0.29) is 12.5 Å². The second-order valence-corrected chi connectivity index (χ2v) is 7.65. The lowest BCUT2D eigenvalue weighted by atomic mass is 10.2. The highest BCUT2D eigenvalue weighted by molar-refractivity contribution is 9.10. The molecule has 0 aliphatic rings. The molecule has 0 aliphatic carbocycles. The Labute approximate surface area is 178 Å². The second-order valence-electron chi connectivity index (χ2n) is 6.33. The maximum atomic E-state index is 12.0. The molecule has 3 rings (SSSR count). The van der Waals surface area contributed by atoms with Crippen molar-refractivity contribution in [3.63, 3.8) is 0 Å². The van der Waals surface area contributed by atoms with E-state index in [4.69, 9.17) is 16.3 Å². The Morgan fingerprint density at radius 3 is 2.36 bits per heavy atom. The fraction of sp³-hybridized carbons (Fsp3) is 0.136. The van der Waals surface area contributed by atoms with Crippen molar-refractivity contribution in [3.8, 4) is 5.75 Å². The third-order valence-corrected chi connectivity index (χ3v) is 4.86. The minimum Gasteiger partial charge on any atom is -0.482 e. The molecule has 0 saturated heterocycles. The summed E-state index contributed by atoms with van der Waals surface area (Å²) in [5, 5.41) is 6.59. The number of aryl methyl sites for hydroxylation is 1. The molecule has 28 heavy (non-hydrogen) atoms. The molecule has 4 nitrogen and oxygen atoms in total. The quantitative estimate of drug-likeness (QED) is 0.453. The van der Waals surface area contributed by atoms with Crippen molar-refractivity contribution in [3.05, 3.63) is 87.4 Å². The van der Waals surface area contributed by atoms with Crippen molar-refractivity contribution in [1.29, 1.82) is 0 Å². The van der Waals surface area contributed by atoms with Crippen LogP contribution in [-0.4, -0.2) is 12.5 Å². The Hall–Kier alpha value is -2.50. The van der Waals surface area contributed by atoms with Crippen LogP contribution in [0.4, 0.5) is 11.4 Å². The predicted molar refractivity (Wildman–Crippen MR) is 118 cm³/mol. The lowest BCUT2D eigenvalue weighted by molar-refractivity contribution is -0.118. The number of benzene rings is 3. The lowest BCUT2D eigenvalue weighted by Crippen LogP contribution is -2.20. The maximum Gasteiger partial charge on any atom is 0.262 e. The van der Waals surface area contributed by atoms with E-state index in [1.165, 1.54) is 0 Å². The summed E-state index contributed by atoms with van der Waals surface area (Å²) < 4.78 is 6.59. The zero-order valence-electron chi connectivity index (χ0n) is 15.3. The smallest absolute Gasteiger partial charge is 0.262 e. The minimum atomic E-state index is -0.235. The number of anilines is 2. The Kier molecular flexibility index (Phi) is 6.95.